The van der Waals surface area contributed by atoms with Crippen molar-refractivity contribution in [3.63, 3.8) is 0 Å². The van der Waals surface area contributed by atoms with Gasteiger partial charge in [-0.1, -0.05) is 24.3 Å². The highest BCUT2D eigenvalue weighted by atomic mass is 16.6. The molecule has 0 radical (unpaired) electrons. The van der Waals surface area contributed by atoms with Gasteiger partial charge in [0.05, 0.1) is 11.8 Å². The molecule has 0 bridgehead atoms. The van der Waals surface area contributed by atoms with Crippen LogP contribution in [0.3, 0.4) is 0 Å². The van der Waals surface area contributed by atoms with Crippen molar-refractivity contribution in [2.45, 2.75) is 51.3 Å². The number of likely N-dealkylation sites (tertiary alicyclic amines) is 1. The van der Waals surface area contributed by atoms with Gasteiger partial charge in [0.25, 0.3) is 0 Å². The first-order valence-corrected chi connectivity index (χ1v) is 10.5. The summed E-state index contributed by atoms with van der Waals surface area (Å²) in [4.78, 5) is 18.1. The lowest BCUT2D eigenvalue weighted by Gasteiger charge is -2.34. The predicted octanol–water partition coefficient (Wildman–Crippen LogP) is 3.54. The van der Waals surface area contributed by atoms with Crippen LogP contribution >= 0.6 is 0 Å². The summed E-state index contributed by atoms with van der Waals surface area (Å²) in [6, 6.07) is 10.7. The van der Waals surface area contributed by atoms with Gasteiger partial charge >= 0.3 is 6.09 Å². The summed E-state index contributed by atoms with van der Waals surface area (Å²) in [5.74, 6) is 0.333. The number of aromatic nitrogens is 1. The van der Waals surface area contributed by atoms with Gasteiger partial charge in [0.15, 0.2) is 0 Å². The molecule has 1 aromatic heterocycles. The van der Waals surface area contributed by atoms with E-state index in [0.717, 1.165) is 24.1 Å². The lowest BCUT2D eigenvalue weighted by molar-refractivity contribution is 0.0210. The molecule has 8 nitrogen and oxygen atoms in total. The Labute approximate surface area is 183 Å². The van der Waals surface area contributed by atoms with E-state index in [-0.39, 0.29) is 17.8 Å². The van der Waals surface area contributed by atoms with Crippen molar-refractivity contribution in [1.82, 2.24) is 9.88 Å². The molecule has 1 aliphatic heterocycles. The van der Waals surface area contributed by atoms with Gasteiger partial charge in [-0.2, -0.15) is 0 Å². The number of rotatable bonds is 5. The average Bonchev–Trinajstić information content (AvgIpc) is 2.73. The first-order chi connectivity index (χ1) is 14.7. The molecule has 1 unspecified atom stereocenters. The van der Waals surface area contributed by atoms with E-state index >= 15 is 0 Å². The van der Waals surface area contributed by atoms with Crippen LogP contribution in [0.15, 0.2) is 42.6 Å². The van der Waals surface area contributed by atoms with Crippen LogP contribution in [0.4, 0.5) is 16.3 Å². The summed E-state index contributed by atoms with van der Waals surface area (Å²) in [5.41, 5.74) is 14.3. The summed E-state index contributed by atoms with van der Waals surface area (Å²) in [6.07, 6.45) is 2.92. The zero-order chi connectivity index (χ0) is 22.6. The fourth-order valence-electron chi connectivity index (χ4n) is 3.61. The van der Waals surface area contributed by atoms with Gasteiger partial charge < -0.3 is 31.8 Å². The van der Waals surface area contributed by atoms with E-state index in [9.17, 15) is 4.79 Å². The maximum Gasteiger partial charge on any atom is 0.410 e. The van der Waals surface area contributed by atoms with Crippen molar-refractivity contribution in [2.75, 3.05) is 24.1 Å². The summed E-state index contributed by atoms with van der Waals surface area (Å²) < 4.78 is 5.47. The van der Waals surface area contributed by atoms with Gasteiger partial charge in [0.2, 0.25) is 0 Å². The Balaban J connectivity index is 1.66. The molecule has 1 aliphatic rings. The minimum atomic E-state index is -0.675. The molecule has 2 aromatic rings. The highest BCUT2D eigenvalue weighted by molar-refractivity contribution is 6.07. The SMILES string of the molecule is CC(C)(C)OC(=O)N1CCC(Nc2ccccc2C(=N)C(N)c2cccnc2N)CC1. The van der Waals surface area contributed by atoms with Crippen LogP contribution < -0.4 is 16.8 Å². The molecule has 2 heterocycles. The molecule has 0 saturated carbocycles. The Hall–Kier alpha value is -3.13. The first-order valence-electron chi connectivity index (χ1n) is 10.5. The quantitative estimate of drug-likeness (QED) is 0.543. The number of anilines is 2. The molecule has 1 amide bonds. The minimum absolute atomic E-state index is 0.187. The van der Waals surface area contributed by atoms with E-state index in [1.807, 2.05) is 45.0 Å². The van der Waals surface area contributed by atoms with E-state index in [2.05, 4.69) is 10.3 Å². The number of pyridine rings is 1. The van der Waals surface area contributed by atoms with E-state index in [4.69, 9.17) is 21.6 Å². The van der Waals surface area contributed by atoms with E-state index in [1.165, 1.54) is 0 Å². The number of nitrogens with zero attached hydrogens (tertiary/aromatic N) is 2. The van der Waals surface area contributed by atoms with Crippen LogP contribution in [0.25, 0.3) is 0 Å². The Kier molecular flexibility index (Phi) is 6.80. The molecular formula is C23H32N6O2. The monoisotopic (exact) mass is 424 g/mol. The number of para-hydroxylation sites is 1. The molecule has 1 atom stereocenters. The van der Waals surface area contributed by atoms with Gasteiger partial charge in [0.1, 0.15) is 11.4 Å². The Bertz CT molecular complexity index is 932. The van der Waals surface area contributed by atoms with Crippen LogP contribution in [0.5, 0.6) is 0 Å². The van der Waals surface area contributed by atoms with Crippen LogP contribution in [0.1, 0.15) is 50.8 Å². The maximum absolute atomic E-state index is 12.3. The zero-order valence-electron chi connectivity index (χ0n) is 18.4. The third kappa shape index (κ3) is 5.73. The average molecular weight is 425 g/mol. The number of carbonyl (C=O) groups excluding carboxylic acids is 1. The molecule has 1 aromatic carbocycles. The largest absolute Gasteiger partial charge is 0.444 e. The number of piperidine rings is 1. The Morgan fingerprint density at radius 3 is 2.55 bits per heavy atom. The lowest BCUT2D eigenvalue weighted by Crippen LogP contribution is -2.44. The molecule has 3 rings (SSSR count). The topological polar surface area (TPSA) is 130 Å². The second kappa shape index (κ2) is 9.34. The van der Waals surface area contributed by atoms with Crippen molar-refractivity contribution in [3.8, 4) is 0 Å². The smallest absolute Gasteiger partial charge is 0.410 e. The second-order valence-electron chi connectivity index (χ2n) is 8.80. The van der Waals surface area contributed by atoms with Gasteiger partial charge in [-0.3, -0.25) is 0 Å². The number of nitrogen functional groups attached to an aromatic ring is 1. The van der Waals surface area contributed by atoms with E-state index in [0.29, 0.717) is 24.5 Å². The number of hydrogen-bond donors (Lipinski definition) is 4. The molecular weight excluding hydrogens is 392 g/mol. The first kappa shape index (κ1) is 22.6. The van der Waals surface area contributed by atoms with Crippen LogP contribution in [-0.2, 0) is 4.74 Å². The number of nitrogens with two attached hydrogens (primary N) is 2. The van der Waals surface area contributed by atoms with Gasteiger partial charge in [-0.25, -0.2) is 9.78 Å². The molecule has 0 aliphatic carbocycles. The molecule has 1 fully saturated rings. The van der Waals surface area contributed by atoms with Crippen LogP contribution in [-0.4, -0.2) is 46.4 Å². The fraction of sp³-hybridized carbons (Fsp3) is 0.435. The van der Waals surface area contributed by atoms with Crippen molar-refractivity contribution >= 4 is 23.3 Å². The molecule has 31 heavy (non-hydrogen) atoms. The number of carbonyl (C=O) groups is 1. The standard InChI is InChI=1S/C23H32N6O2/c1-23(2,3)31-22(30)29-13-10-15(11-14-29)28-18-9-5-4-7-16(18)19(24)20(25)17-8-6-12-27-21(17)26/h4-9,12,15,20,24,28H,10-11,13-14,25H2,1-3H3,(H2,26,27). The fourth-order valence-corrected chi connectivity index (χ4v) is 3.61. The molecule has 8 heteroatoms. The summed E-state index contributed by atoms with van der Waals surface area (Å²) in [5, 5.41) is 12.2. The third-order valence-corrected chi connectivity index (χ3v) is 5.24. The second-order valence-corrected chi connectivity index (χ2v) is 8.80. The number of nitrogens with one attached hydrogen (secondary N) is 2. The zero-order valence-corrected chi connectivity index (χ0v) is 18.4. The predicted molar refractivity (Wildman–Crippen MR) is 123 cm³/mol. The normalized spacial score (nSPS) is 15.9. The van der Waals surface area contributed by atoms with Crippen molar-refractivity contribution in [2.24, 2.45) is 5.73 Å². The van der Waals surface area contributed by atoms with Crippen molar-refractivity contribution in [1.29, 1.82) is 5.41 Å². The molecule has 1 saturated heterocycles. The Morgan fingerprint density at radius 1 is 1.23 bits per heavy atom. The van der Waals surface area contributed by atoms with Gasteiger partial charge in [0, 0.05) is 42.1 Å². The number of ether oxygens (including phenoxy) is 1. The van der Waals surface area contributed by atoms with Gasteiger partial charge in [-0.15, -0.1) is 0 Å². The maximum atomic E-state index is 12.3. The Morgan fingerprint density at radius 2 is 1.90 bits per heavy atom. The molecule has 6 N–H and O–H groups in total. The third-order valence-electron chi connectivity index (χ3n) is 5.24. The van der Waals surface area contributed by atoms with Gasteiger partial charge in [-0.05, 0) is 45.7 Å². The lowest BCUT2D eigenvalue weighted by atomic mass is 9.95. The van der Waals surface area contributed by atoms with Crippen LogP contribution in [0, 0.1) is 5.41 Å². The van der Waals surface area contributed by atoms with Crippen molar-refractivity contribution < 1.29 is 9.53 Å². The highest BCUT2D eigenvalue weighted by Crippen LogP contribution is 2.26. The number of benzene rings is 1. The number of hydrogen-bond acceptors (Lipinski definition) is 7. The highest BCUT2D eigenvalue weighted by Gasteiger charge is 2.27. The van der Waals surface area contributed by atoms with Crippen molar-refractivity contribution in [3.05, 3.63) is 53.7 Å². The van der Waals surface area contributed by atoms with E-state index in [1.54, 1.807) is 23.2 Å². The number of amides is 1. The molecule has 0 spiro atoms. The van der Waals surface area contributed by atoms with E-state index < -0.39 is 11.6 Å². The summed E-state index contributed by atoms with van der Waals surface area (Å²) >= 11 is 0. The summed E-state index contributed by atoms with van der Waals surface area (Å²) in [6.45, 7) is 6.86. The minimum Gasteiger partial charge on any atom is -0.444 e. The summed E-state index contributed by atoms with van der Waals surface area (Å²) in [7, 11) is 0. The van der Waals surface area contributed by atoms with Crippen LogP contribution in [0.2, 0.25) is 0 Å². The molecule has 166 valence electrons.